The molecule has 0 aromatic heterocycles. The molecule has 0 aliphatic heterocycles. The molecule has 1 atom stereocenters. The van der Waals surface area contributed by atoms with Gasteiger partial charge in [0.25, 0.3) is 0 Å². The second-order valence-electron chi connectivity index (χ2n) is 7.64. The molecule has 1 N–H and O–H groups in total. The predicted molar refractivity (Wildman–Crippen MR) is 121 cm³/mol. The van der Waals surface area contributed by atoms with Crippen LogP contribution in [0.5, 0.6) is 0 Å². The average Bonchev–Trinajstić information content (AvgIpc) is 3.05. The lowest BCUT2D eigenvalue weighted by molar-refractivity contribution is -0.143. The minimum atomic E-state index is -0.992. The Morgan fingerprint density at radius 2 is 1.63 bits per heavy atom. The summed E-state index contributed by atoms with van der Waals surface area (Å²) < 4.78 is 5.72. The molecule has 6 heteroatoms. The van der Waals surface area contributed by atoms with Crippen molar-refractivity contribution in [1.29, 1.82) is 0 Å². The number of thioether (sulfide) groups is 1. The van der Waals surface area contributed by atoms with Crippen LogP contribution in [0.3, 0.4) is 0 Å². The first-order valence-corrected chi connectivity index (χ1v) is 11.5. The monoisotopic (exact) mass is 427 g/mol. The van der Waals surface area contributed by atoms with E-state index in [4.69, 9.17) is 4.74 Å². The number of amides is 1. The first-order valence-electron chi connectivity index (χ1n) is 10.4. The zero-order valence-corrected chi connectivity index (χ0v) is 18.5. The Labute approximate surface area is 182 Å². The summed E-state index contributed by atoms with van der Waals surface area (Å²) in [5, 5.41) is 9.72. The molecule has 1 amide bonds. The molecule has 0 radical (unpaired) electrons. The lowest BCUT2D eigenvalue weighted by Crippen LogP contribution is -2.49. The van der Waals surface area contributed by atoms with Gasteiger partial charge in [0.15, 0.2) is 0 Å². The second kappa shape index (κ2) is 10.0. The number of hydrogen-bond acceptors (Lipinski definition) is 4. The number of carboxylic acids is 1. The summed E-state index contributed by atoms with van der Waals surface area (Å²) >= 11 is 1.67. The van der Waals surface area contributed by atoms with Crippen molar-refractivity contribution in [3.05, 3.63) is 59.7 Å². The third kappa shape index (κ3) is 4.64. The number of carbonyl (C=O) groups is 2. The average molecular weight is 428 g/mol. The van der Waals surface area contributed by atoms with Crippen molar-refractivity contribution < 1.29 is 19.4 Å². The van der Waals surface area contributed by atoms with Crippen LogP contribution in [0, 0.1) is 0 Å². The minimum absolute atomic E-state index is 0.0470. The third-order valence-corrected chi connectivity index (χ3v) is 6.40. The first-order chi connectivity index (χ1) is 14.5. The molecule has 0 heterocycles. The number of carbonyl (C=O) groups excluding carboxylic acids is 1. The van der Waals surface area contributed by atoms with E-state index in [0.717, 1.165) is 28.0 Å². The molecule has 1 aliphatic carbocycles. The van der Waals surface area contributed by atoms with E-state index in [9.17, 15) is 14.7 Å². The van der Waals surface area contributed by atoms with Crippen molar-refractivity contribution in [2.45, 2.75) is 45.2 Å². The first kappa shape index (κ1) is 22.2. The van der Waals surface area contributed by atoms with Crippen molar-refractivity contribution in [2.24, 2.45) is 0 Å². The SMILES string of the molecule is CCSCCC(C(=O)O)N(C(=O)OCC1c2ccccc2-c2ccccc21)C(C)C. The van der Waals surface area contributed by atoms with Crippen molar-refractivity contribution in [2.75, 3.05) is 18.1 Å². The van der Waals surface area contributed by atoms with Crippen LogP contribution in [0.25, 0.3) is 11.1 Å². The molecule has 3 rings (SSSR count). The maximum Gasteiger partial charge on any atom is 0.410 e. The van der Waals surface area contributed by atoms with Gasteiger partial charge in [-0.3, -0.25) is 4.90 Å². The number of nitrogens with zero attached hydrogens (tertiary/aromatic N) is 1. The highest BCUT2D eigenvalue weighted by atomic mass is 32.2. The summed E-state index contributed by atoms with van der Waals surface area (Å²) in [7, 11) is 0. The Morgan fingerprint density at radius 1 is 1.07 bits per heavy atom. The molecular formula is C24H29NO4S. The van der Waals surface area contributed by atoms with Gasteiger partial charge >= 0.3 is 12.1 Å². The van der Waals surface area contributed by atoms with Crippen LogP contribution < -0.4 is 0 Å². The van der Waals surface area contributed by atoms with E-state index >= 15 is 0 Å². The molecule has 5 nitrogen and oxygen atoms in total. The second-order valence-corrected chi connectivity index (χ2v) is 9.04. The summed E-state index contributed by atoms with van der Waals surface area (Å²) in [5.41, 5.74) is 4.60. The molecule has 0 saturated heterocycles. The fraction of sp³-hybridized carbons (Fsp3) is 0.417. The van der Waals surface area contributed by atoms with Crippen LogP contribution in [0.1, 0.15) is 44.2 Å². The molecule has 2 aromatic rings. The van der Waals surface area contributed by atoms with E-state index in [1.54, 1.807) is 11.8 Å². The summed E-state index contributed by atoms with van der Waals surface area (Å²) in [4.78, 5) is 26.2. The van der Waals surface area contributed by atoms with Crippen LogP contribution in [-0.4, -0.2) is 52.3 Å². The Morgan fingerprint density at radius 3 is 2.13 bits per heavy atom. The Kier molecular flexibility index (Phi) is 7.43. The molecule has 0 bridgehead atoms. The minimum Gasteiger partial charge on any atom is -0.480 e. The fourth-order valence-corrected chi connectivity index (χ4v) is 4.77. The van der Waals surface area contributed by atoms with E-state index in [2.05, 4.69) is 24.3 Å². The van der Waals surface area contributed by atoms with Crippen molar-refractivity contribution in [3.8, 4) is 11.1 Å². The number of aliphatic carboxylic acids is 1. The van der Waals surface area contributed by atoms with Crippen LogP contribution in [0.15, 0.2) is 48.5 Å². The summed E-state index contributed by atoms with van der Waals surface area (Å²) in [6, 6.07) is 15.1. The van der Waals surface area contributed by atoms with Crippen LogP contribution in [0.2, 0.25) is 0 Å². The van der Waals surface area contributed by atoms with E-state index < -0.39 is 18.1 Å². The zero-order chi connectivity index (χ0) is 21.7. The Bertz CT molecular complexity index is 853. The van der Waals surface area contributed by atoms with Gasteiger partial charge in [0.05, 0.1) is 0 Å². The van der Waals surface area contributed by atoms with Crippen LogP contribution >= 0.6 is 11.8 Å². The van der Waals surface area contributed by atoms with Gasteiger partial charge in [-0.2, -0.15) is 11.8 Å². The highest BCUT2D eigenvalue weighted by Gasteiger charge is 2.34. The van der Waals surface area contributed by atoms with Crippen molar-refractivity contribution >= 4 is 23.8 Å². The van der Waals surface area contributed by atoms with Gasteiger partial charge in [-0.25, -0.2) is 9.59 Å². The maximum absolute atomic E-state index is 13.0. The van der Waals surface area contributed by atoms with Gasteiger partial charge in [0, 0.05) is 12.0 Å². The topological polar surface area (TPSA) is 66.8 Å². The molecule has 0 saturated carbocycles. The molecule has 2 aromatic carbocycles. The van der Waals surface area contributed by atoms with Gasteiger partial charge in [0.1, 0.15) is 12.6 Å². The predicted octanol–water partition coefficient (Wildman–Crippen LogP) is 5.24. The maximum atomic E-state index is 13.0. The van der Waals surface area contributed by atoms with Crippen molar-refractivity contribution in [3.63, 3.8) is 0 Å². The standard InChI is InChI=1S/C24H29NO4S/c1-4-30-14-13-22(23(26)27)25(16(2)3)24(28)29-15-21-19-11-7-5-9-17(19)18-10-6-8-12-20(18)21/h5-12,16,21-22H,4,13-15H2,1-3H3,(H,26,27). The number of carboxylic acid groups (broad SMARTS) is 1. The lowest BCUT2D eigenvalue weighted by Gasteiger charge is -2.32. The molecule has 0 spiro atoms. The fourth-order valence-electron chi connectivity index (χ4n) is 4.09. The van der Waals surface area contributed by atoms with Gasteiger partial charge in [-0.15, -0.1) is 0 Å². The quantitative estimate of drug-likeness (QED) is 0.554. The number of hydrogen-bond donors (Lipinski definition) is 1. The Hall–Kier alpha value is -2.47. The van der Waals surface area contributed by atoms with E-state index in [1.165, 1.54) is 4.90 Å². The Balaban J connectivity index is 1.76. The smallest absolute Gasteiger partial charge is 0.410 e. The molecule has 0 fully saturated rings. The number of benzene rings is 2. The van der Waals surface area contributed by atoms with Gasteiger partial charge < -0.3 is 9.84 Å². The molecule has 1 aliphatic rings. The molecule has 30 heavy (non-hydrogen) atoms. The summed E-state index contributed by atoms with van der Waals surface area (Å²) in [6.45, 7) is 5.87. The van der Waals surface area contributed by atoms with Gasteiger partial charge in [-0.1, -0.05) is 55.5 Å². The zero-order valence-electron chi connectivity index (χ0n) is 17.7. The van der Waals surface area contributed by atoms with Gasteiger partial charge in [0.2, 0.25) is 0 Å². The number of fused-ring (bicyclic) bond motifs is 3. The van der Waals surface area contributed by atoms with Crippen molar-refractivity contribution in [1.82, 2.24) is 4.90 Å². The summed E-state index contributed by atoms with van der Waals surface area (Å²) in [6.07, 6.45) is -0.170. The van der Waals surface area contributed by atoms with Crippen LogP contribution in [0.4, 0.5) is 4.79 Å². The number of ether oxygens (including phenoxy) is 1. The lowest BCUT2D eigenvalue weighted by atomic mass is 9.98. The largest absolute Gasteiger partial charge is 0.480 e. The summed E-state index contributed by atoms with van der Waals surface area (Å²) in [5.74, 6) is 0.565. The highest BCUT2D eigenvalue weighted by molar-refractivity contribution is 7.99. The van der Waals surface area contributed by atoms with E-state index in [-0.39, 0.29) is 18.6 Å². The number of rotatable bonds is 9. The molecule has 160 valence electrons. The van der Waals surface area contributed by atoms with Gasteiger partial charge in [-0.05, 0) is 54.0 Å². The van der Waals surface area contributed by atoms with E-state index in [0.29, 0.717) is 12.2 Å². The molecule has 1 unspecified atom stereocenters. The molecular weight excluding hydrogens is 398 g/mol. The third-order valence-electron chi connectivity index (χ3n) is 5.46. The highest BCUT2D eigenvalue weighted by Crippen LogP contribution is 2.44. The van der Waals surface area contributed by atoms with Crippen LogP contribution in [-0.2, 0) is 9.53 Å². The normalized spacial score (nSPS) is 13.6. The van der Waals surface area contributed by atoms with E-state index in [1.807, 2.05) is 45.0 Å².